The van der Waals surface area contributed by atoms with Crippen molar-refractivity contribution < 1.29 is 0 Å². The Kier molecular flexibility index (Phi) is 2.52. The van der Waals surface area contributed by atoms with E-state index in [-0.39, 0.29) is 0 Å². The molecule has 0 unspecified atom stereocenters. The number of aromatic nitrogens is 3. The summed E-state index contributed by atoms with van der Waals surface area (Å²) in [5, 5.41) is 5.14. The molecule has 0 saturated carbocycles. The van der Waals surface area contributed by atoms with Gasteiger partial charge in [0.15, 0.2) is 5.82 Å². The summed E-state index contributed by atoms with van der Waals surface area (Å²) in [4.78, 5) is 4.22. The molecule has 0 bridgehead atoms. The molecule has 2 aromatic rings. The Balaban J connectivity index is 2.52. The van der Waals surface area contributed by atoms with Crippen LogP contribution in [0.1, 0.15) is 0 Å². The lowest BCUT2D eigenvalue weighted by atomic mass is 10.3. The van der Waals surface area contributed by atoms with Crippen LogP contribution in [0.25, 0.3) is 11.4 Å². The van der Waals surface area contributed by atoms with E-state index in [1.807, 2.05) is 7.05 Å². The third-order valence-electron chi connectivity index (χ3n) is 1.61. The average Bonchev–Trinajstić information content (AvgIpc) is 2.61. The summed E-state index contributed by atoms with van der Waals surface area (Å²) in [5.74, 6) is 0.840. The van der Waals surface area contributed by atoms with Gasteiger partial charge < -0.3 is 0 Å². The summed E-state index contributed by atoms with van der Waals surface area (Å²) in [6, 6.07) is 2.08. The van der Waals surface area contributed by atoms with Crippen molar-refractivity contribution in [2.24, 2.45) is 7.05 Å². The number of hydrogen-bond acceptors (Lipinski definition) is 3. The highest BCUT2D eigenvalue weighted by atomic mass is 127. The number of nitrogens with zero attached hydrogens (tertiary/aromatic N) is 2. The Morgan fingerprint density at radius 2 is 2.46 bits per heavy atom. The van der Waals surface area contributed by atoms with Crippen LogP contribution in [0.3, 0.4) is 0 Å². The number of hydrogen-bond donors (Lipinski definition) is 1. The Morgan fingerprint density at radius 3 is 2.92 bits per heavy atom. The maximum atomic E-state index is 5.00. The minimum atomic E-state index is 0.580. The average molecular weight is 323 g/mol. The number of thiophene rings is 1. The van der Waals surface area contributed by atoms with E-state index in [2.05, 4.69) is 44.1 Å². The molecule has 13 heavy (non-hydrogen) atoms. The molecule has 0 aliphatic heterocycles. The molecule has 6 heteroatoms. The Labute approximate surface area is 97.9 Å². The first kappa shape index (κ1) is 9.35. The van der Waals surface area contributed by atoms with Gasteiger partial charge in [-0.2, -0.15) is 4.98 Å². The molecule has 2 heterocycles. The van der Waals surface area contributed by atoms with E-state index >= 15 is 0 Å². The van der Waals surface area contributed by atoms with Crippen LogP contribution in [0.2, 0.25) is 0 Å². The van der Waals surface area contributed by atoms with Crippen LogP contribution < -0.4 is 0 Å². The predicted molar refractivity (Wildman–Crippen MR) is 64.4 cm³/mol. The van der Waals surface area contributed by atoms with Crippen LogP contribution in [-0.2, 0) is 7.05 Å². The molecule has 0 spiro atoms. The molecular weight excluding hydrogens is 317 g/mol. The van der Waals surface area contributed by atoms with Crippen molar-refractivity contribution in [3.63, 3.8) is 0 Å². The number of H-pyrrole nitrogens is 1. The summed E-state index contributed by atoms with van der Waals surface area (Å²) >= 11 is 8.99. The second-order valence-corrected chi connectivity index (χ2v) is 5.72. The Morgan fingerprint density at radius 1 is 1.69 bits per heavy atom. The molecule has 1 N–H and O–H groups in total. The molecule has 68 valence electrons. The highest BCUT2D eigenvalue weighted by molar-refractivity contribution is 14.1. The second-order valence-electron chi connectivity index (χ2n) is 2.55. The van der Waals surface area contributed by atoms with E-state index in [0.717, 1.165) is 11.4 Å². The van der Waals surface area contributed by atoms with Gasteiger partial charge in [0.05, 0.1) is 2.88 Å². The van der Waals surface area contributed by atoms with Crippen molar-refractivity contribution in [2.45, 2.75) is 0 Å². The van der Waals surface area contributed by atoms with E-state index in [4.69, 9.17) is 12.2 Å². The fraction of sp³-hybridized carbons (Fsp3) is 0.143. The molecular formula is C7H6IN3S2. The molecule has 0 aromatic carbocycles. The van der Waals surface area contributed by atoms with Crippen LogP contribution in [0.5, 0.6) is 0 Å². The van der Waals surface area contributed by atoms with Crippen molar-refractivity contribution >= 4 is 46.1 Å². The van der Waals surface area contributed by atoms with E-state index in [1.165, 1.54) is 2.88 Å². The summed E-state index contributed by atoms with van der Waals surface area (Å²) in [5.41, 5.74) is 1.10. The maximum Gasteiger partial charge on any atom is 0.216 e. The summed E-state index contributed by atoms with van der Waals surface area (Å²) in [6.07, 6.45) is 0. The standard InChI is InChI=1S/C7H6IN3S2/c1-11-7(12)9-6(10-11)4-2-5(8)13-3-4/h2-3H,1H3,(H,9,10,12). The summed E-state index contributed by atoms with van der Waals surface area (Å²) in [6.45, 7) is 0. The van der Waals surface area contributed by atoms with Gasteiger partial charge in [0, 0.05) is 18.0 Å². The second kappa shape index (κ2) is 3.50. The predicted octanol–water partition coefficient (Wildman–Crippen LogP) is 2.81. The van der Waals surface area contributed by atoms with Crippen molar-refractivity contribution in [1.29, 1.82) is 0 Å². The van der Waals surface area contributed by atoms with Crippen LogP contribution in [-0.4, -0.2) is 14.8 Å². The minimum absolute atomic E-state index is 0.580. The Hall–Kier alpha value is -0.210. The fourth-order valence-electron chi connectivity index (χ4n) is 0.966. The summed E-state index contributed by atoms with van der Waals surface area (Å²) < 4.78 is 3.56. The number of aryl methyl sites for hydroxylation is 1. The zero-order valence-corrected chi connectivity index (χ0v) is 10.5. The van der Waals surface area contributed by atoms with Gasteiger partial charge in [-0.3, -0.25) is 9.78 Å². The molecule has 0 radical (unpaired) electrons. The highest BCUT2D eigenvalue weighted by Gasteiger charge is 2.04. The SMILES string of the molecule is Cn1[nH]c(-c2csc(I)c2)nc1=S. The van der Waals surface area contributed by atoms with Crippen molar-refractivity contribution in [3.8, 4) is 11.4 Å². The largest absolute Gasteiger partial charge is 0.279 e. The minimum Gasteiger partial charge on any atom is -0.279 e. The van der Waals surface area contributed by atoms with Crippen LogP contribution in [0.15, 0.2) is 11.4 Å². The molecule has 0 saturated heterocycles. The van der Waals surface area contributed by atoms with Gasteiger partial charge in [0.1, 0.15) is 0 Å². The van der Waals surface area contributed by atoms with E-state index < -0.39 is 0 Å². The van der Waals surface area contributed by atoms with Gasteiger partial charge in [-0.05, 0) is 40.9 Å². The van der Waals surface area contributed by atoms with Crippen molar-refractivity contribution in [2.75, 3.05) is 0 Å². The van der Waals surface area contributed by atoms with Crippen molar-refractivity contribution in [3.05, 3.63) is 19.1 Å². The van der Waals surface area contributed by atoms with Crippen LogP contribution >= 0.6 is 46.1 Å². The molecule has 0 aliphatic carbocycles. The third-order valence-corrected chi connectivity index (χ3v) is 3.76. The molecule has 0 fully saturated rings. The van der Waals surface area contributed by atoms with Gasteiger partial charge in [0.2, 0.25) is 4.77 Å². The zero-order chi connectivity index (χ0) is 9.42. The first-order valence-corrected chi connectivity index (χ1v) is 5.91. The molecule has 0 amide bonds. The molecule has 0 aliphatic rings. The first-order chi connectivity index (χ1) is 6.16. The van der Waals surface area contributed by atoms with Gasteiger partial charge >= 0.3 is 0 Å². The lowest BCUT2D eigenvalue weighted by Crippen LogP contribution is -1.88. The lowest BCUT2D eigenvalue weighted by molar-refractivity contribution is 0.756. The fourth-order valence-corrected chi connectivity index (χ4v) is 2.43. The first-order valence-electron chi connectivity index (χ1n) is 3.54. The van der Waals surface area contributed by atoms with Crippen LogP contribution in [0, 0.1) is 7.65 Å². The topological polar surface area (TPSA) is 33.6 Å². The maximum absolute atomic E-state index is 5.00. The third kappa shape index (κ3) is 1.84. The monoisotopic (exact) mass is 323 g/mol. The normalized spacial score (nSPS) is 10.6. The Bertz CT molecular complexity index is 482. The van der Waals surface area contributed by atoms with Gasteiger partial charge in [-0.25, -0.2) is 0 Å². The van der Waals surface area contributed by atoms with Gasteiger partial charge in [-0.1, -0.05) is 0 Å². The molecule has 0 atom stereocenters. The van der Waals surface area contributed by atoms with E-state index in [0.29, 0.717) is 4.77 Å². The van der Waals surface area contributed by atoms with E-state index in [1.54, 1.807) is 16.0 Å². The molecule has 2 aromatic heterocycles. The quantitative estimate of drug-likeness (QED) is 0.647. The molecule has 3 nitrogen and oxygen atoms in total. The van der Waals surface area contributed by atoms with E-state index in [9.17, 15) is 0 Å². The van der Waals surface area contributed by atoms with Crippen molar-refractivity contribution in [1.82, 2.24) is 14.8 Å². The van der Waals surface area contributed by atoms with Gasteiger partial charge in [0.25, 0.3) is 0 Å². The zero-order valence-electron chi connectivity index (χ0n) is 6.74. The van der Waals surface area contributed by atoms with Crippen LogP contribution in [0.4, 0.5) is 0 Å². The lowest BCUT2D eigenvalue weighted by Gasteiger charge is -1.88. The smallest absolute Gasteiger partial charge is 0.216 e. The molecule has 2 rings (SSSR count). The number of aromatic amines is 1. The number of halogens is 1. The summed E-state index contributed by atoms with van der Waals surface area (Å²) in [7, 11) is 1.86. The highest BCUT2D eigenvalue weighted by Crippen LogP contribution is 2.23. The van der Waals surface area contributed by atoms with Gasteiger partial charge in [-0.15, -0.1) is 11.3 Å². The number of nitrogens with one attached hydrogen (secondary N) is 1. The number of rotatable bonds is 1.